The van der Waals surface area contributed by atoms with Crippen molar-refractivity contribution in [2.75, 3.05) is 11.6 Å². The van der Waals surface area contributed by atoms with E-state index in [0.29, 0.717) is 17.9 Å². The van der Waals surface area contributed by atoms with Gasteiger partial charge in [-0.15, -0.1) is 11.3 Å². The van der Waals surface area contributed by atoms with Gasteiger partial charge < -0.3 is 5.32 Å². The number of thiazole rings is 1. The number of aromatic nitrogens is 3. The highest BCUT2D eigenvalue weighted by Gasteiger charge is 2.42. The molecule has 120 valence electrons. The molecule has 1 aliphatic rings. The maximum Gasteiger partial charge on any atom is 0.391 e. The summed E-state index contributed by atoms with van der Waals surface area (Å²) in [5.74, 6) is -0.630. The van der Waals surface area contributed by atoms with Gasteiger partial charge in [-0.3, -0.25) is 0 Å². The predicted molar refractivity (Wildman–Crippen MR) is 82.4 cm³/mol. The van der Waals surface area contributed by atoms with Gasteiger partial charge in [-0.05, 0) is 25.5 Å². The molecule has 1 saturated carbocycles. The maximum absolute atomic E-state index is 12.9. The predicted octanol–water partition coefficient (Wildman–Crippen LogP) is 4.34. The highest BCUT2D eigenvalue weighted by molar-refractivity contribution is 8.00. The summed E-state index contributed by atoms with van der Waals surface area (Å²) in [6, 6.07) is -0.210. The second-order valence-corrected chi connectivity index (χ2v) is 7.36. The minimum Gasteiger partial charge on any atom is -0.366 e. The Bertz CT molecular complexity index is 658. The molecule has 1 fully saturated rings. The zero-order valence-corrected chi connectivity index (χ0v) is 13.5. The number of rotatable bonds is 3. The van der Waals surface area contributed by atoms with E-state index in [2.05, 4.69) is 20.3 Å². The van der Waals surface area contributed by atoms with Crippen molar-refractivity contribution in [3.8, 4) is 0 Å². The van der Waals surface area contributed by atoms with Crippen LogP contribution in [0.4, 0.5) is 19.0 Å². The Balaban J connectivity index is 1.79. The van der Waals surface area contributed by atoms with Crippen LogP contribution in [0.2, 0.25) is 0 Å². The molecule has 4 nitrogen and oxygen atoms in total. The lowest BCUT2D eigenvalue weighted by Crippen LogP contribution is -2.34. The summed E-state index contributed by atoms with van der Waals surface area (Å²) in [7, 11) is 0. The zero-order chi connectivity index (χ0) is 15.7. The number of thioether (sulfide) groups is 1. The molecule has 0 bridgehead atoms. The standard InChI is InChI=1S/C13H15F3N4S2/c1-21-12-20-11-9(22-12)10(17-6-18-11)19-8-4-2-3-7(5-8)13(14,15)16/h6-8H,2-5H2,1H3,(H,17,18,19). The van der Waals surface area contributed by atoms with Crippen LogP contribution < -0.4 is 5.32 Å². The van der Waals surface area contributed by atoms with E-state index in [-0.39, 0.29) is 18.9 Å². The van der Waals surface area contributed by atoms with Gasteiger partial charge >= 0.3 is 6.18 Å². The Kier molecular flexibility index (Phi) is 4.44. The molecule has 1 N–H and O–H groups in total. The quantitative estimate of drug-likeness (QED) is 0.836. The minimum absolute atomic E-state index is 0.100. The zero-order valence-electron chi connectivity index (χ0n) is 11.9. The lowest BCUT2D eigenvalue weighted by molar-refractivity contribution is -0.182. The van der Waals surface area contributed by atoms with Crippen molar-refractivity contribution in [3.05, 3.63) is 6.33 Å². The van der Waals surface area contributed by atoms with Crippen molar-refractivity contribution < 1.29 is 13.2 Å². The molecule has 0 saturated heterocycles. The summed E-state index contributed by atoms with van der Waals surface area (Å²) < 4.78 is 40.4. The van der Waals surface area contributed by atoms with Gasteiger partial charge in [0.05, 0.1) is 5.92 Å². The number of nitrogens with one attached hydrogen (secondary N) is 1. The molecule has 9 heteroatoms. The van der Waals surface area contributed by atoms with Crippen LogP contribution in [0, 0.1) is 5.92 Å². The number of fused-ring (bicyclic) bond motifs is 1. The highest BCUT2D eigenvalue weighted by atomic mass is 32.2. The number of nitrogens with zero attached hydrogens (tertiary/aromatic N) is 3. The summed E-state index contributed by atoms with van der Waals surface area (Å²) in [6.45, 7) is 0. The van der Waals surface area contributed by atoms with Crippen molar-refractivity contribution >= 4 is 39.3 Å². The largest absolute Gasteiger partial charge is 0.391 e. The SMILES string of the molecule is CSc1nc2ncnc(NC3CCCC(C(F)(F)F)C3)c2s1. The van der Waals surface area contributed by atoms with Gasteiger partial charge in [-0.1, -0.05) is 18.2 Å². The van der Waals surface area contributed by atoms with Gasteiger partial charge in [0.15, 0.2) is 9.99 Å². The van der Waals surface area contributed by atoms with Crippen LogP contribution >= 0.6 is 23.1 Å². The first-order chi connectivity index (χ1) is 10.5. The third-order valence-electron chi connectivity index (χ3n) is 3.82. The van der Waals surface area contributed by atoms with Crippen LogP contribution in [0.15, 0.2) is 10.7 Å². The Morgan fingerprint density at radius 2 is 2.14 bits per heavy atom. The van der Waals surface area contributed by atoms with Crippen LogP contribution in [-0.4, -0.2) is 33.4 Å². The fourth-order valence-electron chi connectivity index (χ4n) is 2.74. The summed E-state index contributed by atoms with van der Waals surface area (Å²) in [6.07, 6.45) is 0.839. The van der Waals surface area contributed by atoms with E-state index in [9.17, 15) is 13.2 Å². The maximum atomic E-state index is 12.9. The number of hydrogen-bond donors (Lipinski definition) is 1. The third kappa shape index (κ3) is 3.29. The minimum atomic E-state index is -4.11. The second-order valence-electron chi connectivity index (χ2n) is 5.31. The van der Waals surface area contributed by atoms with E-state index in [1.165, 1.54) is 29.4 Å². The molecule has 0 amide bonds. The van der Waals surface area contributed by atoms with E-state index in [1.54, 1.807) is 0 Å². The van der Waals surface area contributed by atoms with Crippen molar-refractivity contribution in [3.63, 3.8) is 0 Å². The van der Waals surface area contributed by atoms with E-state index >= 15 is 0 Å². The Labute approximate surface area is 133 Å². The first kappa shape index (κ1) is 15.8. The lowest BCUT2D eigenvalue weighted by Gasteiger charge is -2.31. The molecule has 2 aromatic rings. The summed E-state index contributed by atoms with van der Waals surface area (Å²) in [4.78, 5) is 12.7. The third-order valence-corrected chi connectivity index (χ3v) is 5.86. The van der Waals surface area contributed by atoms with Crippen LogP contribution in [0.25, 0.3) is 10.3 Å². The van der Waals surface area contributed by atoms with Gasteiger partial charge in [-0.2, -0.15) is 13.2 Å². The van der Waals surface area contributed by atoms with E-state index < -0.39 is 12.1 Å². The molecule has 3 rings (SSSR count). The van der Waals surface area contributed by atoms with Crippen LogP contribution in [0.1, 0.15) is 25.7 Å². The molecular formula is C13H15F3N4S2. The summed E-state index contributed by atoms with van der Waals surface area (Å²) in [5.41, 5.74) is 0.593. The van der Waals surface area contributed by atoms with E-state index in [1.807, 2.05) is 6.26 Å². The fraction of sp³-hybridized carbons (Fsp3) is 0.615. The smallest absolute Gasteiger partial charge is 0.366 e. The number of halogens is 3. The average molecular weight is 348 g/mol. The fourth-order valence-corrected chi connectivity index (χ4v) is 4.20. The van der Waals surface area contributed by atoms with Crippen molar-refractivity contribution in [1.29, 1.82) is 0 Å². The average Bonchev–Trinajstić information content (AvgIpc) is 2.91. The Hall–Kier alpha value is -1.09. The topological polar surface area (TPSA) is 50.7 Å². The molecule has 2 atom stereocenters. The number of hydrogen-bond acceptors (Lipinski definition) is 6. The highest BCUT2D eigenvalue weighted by Crippen LogP contribution is 2.39. The normalized spacial score (nSPS) is 22.9. The molecule has 2 aromatic heterocycles. The van der Waals surface area contributed by atoms with Gasteiger partial charge in [-0.25, -0.2) is 15.0 Å². The first-order valence-corrected chi connectivity index (χ1v) is 9.00. The Morgan fingerprint density at radius 3 is 2.86 bits per heavy atom. The molecule has 0 aliphatic heterocycles. The molecule has 2 heterocycles. The van der Waals surface area contributed by atoms with Gasteiger partial charge in [0, 0.05) is 6.04 Å². The van der Waals surface area contributed by atoms with Crippen LogP contribution in [0.3, 0.4) is 0 Å². The molecular weight excluding hydrogens is 333 g/mol. The molecule has 2 unspecified atom stereocenters. The van der Waals surface area contributed by atoms with Crippen LogP contribution in [-0.2, 0) is 0 Å². The van der Waals surface area contributed by atoms with E-state index in [0.717, 1.165) is 15.5 Å². The van der Waals surface area contributed by atoms with Crippen molar-refractivity contribution in [2.45, 2.75) is 42.2 Å². The number of anilines is 1. The molecule has 1 aliphatic carbocycles. The first-order valence-electron chi connectivity index (χ1n) is 6.96. The summed E-state index contributed by atoms with van der Waals surface area (Å²) in [5, 5.41) is 3.17. The molecule has 0 spiro atoms. The van der Waals surface area contributed by atoms with Gasteiger partial charge in [0.25, 0.3) is 0 Å². The summed E-state index contributed by atoms with van der Waals surface area (Å²) >= 11 is 2.98. The monoisotopic (exact) mass is 348 g/mol. The van der Waals surface area contributed by atoms with Crippen LogP contribution in [0.5, 0.6) is 0 Å². The van der Waals surface area contributed by atoms with E-state index in [4.69, 9.17) is 0 Å². The molecule has 0 radical (unpaired) electrons. The molecule has 22 heavy (non-hydrogen) atoms. The van der Waals surface area contributed by atoms with Crippen molar-refractivity contribution in [2.24, 2.45) is 5.92 Å². The lowest BCUT2D eigenvalue weighted by atomic mass is 9.85. The Morgan fingerprint density at radius 1 is 1.32 bits per heavy atom. The second kappa shape index (κ2) is 6.19. The van der Waals surface area contributed by atoms with Crippen molar-refractivity contribution in [1.82, 2.24) is 15.0 Å². The number of alkyl halides is 3. The molecule has 0 aromatic carbocycles. The van der Waals surface area contributed by atoms with Gasteiger partial charge in [0.2, 0.25) is 0 Å². The van der Waals surface area contributed by atoms with Gasteiger partial charge in [0.1, 0.15) is 16.8 Å².